The minimum absolute atomic E-state index is 0.105. The van der Waals surface area contributed by atoms with Crippen LogP contribution >= 0.6 is 33.9 Å². The second kappa shape index (κ2) is 9.60. The topological polar surface area (TPSA) is 73.3 Å². The highest BCUT2D eigenvalue weighted by molar-refractivity contribution is 14.1. The number of aryl methyl sites for hydroxylation is 1. The number of thiophene rings is 1. The molecule has 6 nitrogen and oxygen atoms in total. The molecule has 0 aliphatic heterocycles. The average molecular weight is 572 g/mol. The first kappa shape index (κ1) is 24.0. The SMILES string of the molecule is CC[C@]1(NC(=O)OC(C)(C)C)CC[C@H](Oc2ncnc3sc4c(c23)[C@@H](CCI)CC4)CC1. The molecule has 1 fully saturated rings. The second-order valence-electron chi connectivity index (χ2n) is 10.1. The molecule has 8 heteroatoms. The quantitative estimate of drug-likeness (QED) is 0.315. The predicted molar refractivity (Wildman–Crippen MR) is 137 cm³/mol. The van der Waals surface area contributed by atoms with Crippen LogP contribution in [-0.2, 0) is 11.2 Å². The van der Waals surface area contributed by atoms with Gasteiger partial charge >= 0.3 is 6.09 Å². The number of carbonyl (C=O) groups excluding carboxylic acids is 1. The molecule has 2 aromatic heterocycles. The number of alkyl carbamates (subject to hydrolysis) is 1. The summed E-state index contributed by atoms with van der Waals surface area (Å²) in [4.78, 5) is 24.0. The van der Waals surface area contributed by atoms with Gasteiger partial charge in [-0.25, -0.2) is 14.8 Å². The van der Waals surface area contributed by atoms with Crippen molar-refractivity contribution in [2.75, 3.05) is 4.43 Å². The number of aromatic nitrogens is 2. The van der Waals surface area contributed by atoms with Crippen molar-refractivity contribution < 1.29 is 14.3 Å². The van der Waals surface area contributed by atoms with Crippen LogP contribution in [0.25, 0.3) is 10.2 Å². The lowest BCUT2D eigenvalue weighted by atomic mass is 9.78. The molecule has 4 rings (SSSR count). The van der Waals surface area contributed by atoms with Crippen molar-refractivity contribution in [2.24, 2.45) is 0 Å². The Morgan fingerprint density at radius 2 is 2.03 bits per heavy atom. The van der Waals surface area contributed by atoms with Crippen LogP contribution in [0.4, 0.5) is 4.79 Å². The molecule has 1 amide bonds. The van der Waals surface area contributed by atoms with E-state index in [0.717, 1.165) is 59.0 Å². The van der Waals surface area contributed by atoms with Crippen LogP contribution in [0.3, 0.4) is 0 Å². The van der Waals surface area contributed by atoms with Crippen molar-refractivity contribution in [3.8, 4) is 5.88 Å². The van der Waals surface area contributed by atoms with Gasteiger partial charge in [0.1, 0.15) is 22.9 Å². The Bertz CT molecular complexity index is 963. The number of carbonyl (C=O) groups is 1. The Labute approximate surface area is 208 Å². The Hall–Kier alpha value is -1.16. The van der Waals surface area contributed by atoms with Crippen molar-refractivity contribution in [2.45, 2.75) is 102 Å². The van der Waals surface area contributed by atoms with Gasteiger partial charge in [-0.05, 0) is 83.6 Å². The number of hydrogen-bond donors (Lipinski definition) is 1. The zero-order valence-corrected chi connectivity index (χ0v) is 22.5. The van der Waals surface area contributed by atoms with Gasteiger partial charge in [0.05, 0.1) is 5.39 Å². The molecule has 2 aromatic rings. The fourth-order valence-electron chi connectivity index (χ4n) is 5.06. The lowest BCUT2D eigenvalue weighted by molar-refractivity contribution is 0.0355. The molecule has 2 aliphatic rings. The summed E-state index contributed by atoms with van der Waals surface area (Å²) in [6.07, 6.45) is 9.40. The zero-order chi connectivity index (χ0) is 22.9. The molecule has 2 aliphatic carbocycles. The third kappa shape index (κ3) is 5.16. The molecular formula is C24H34IN3O3S. The van der Waals surface area contributed by atoms with Crippen LogP contribution < -0.4 is 10.1 Å². The van der Waals surface area contributed by atoms with E-state index in [1.165, 1.54) is 23.3 Å². The summed E-state index contributed by atoms with van der Waals surface area (Å²) < 4.78 is 13.2. The maximum Gasteiger partial charge on any atom is 0.408 e. The minimum Gasteiger partial charge on any atom is -0.474 e. The summed E-state index contributed by atoms with van der Waals surface area (Å²) in [6.45, 7) is 7.81. The van der Waals surface area contributed by atoms with Gasteiger partial charge in [-0.1, -0.05) is 29.5 Å². The highest BCUT2D eigenvalue weighted by atomic mass is 127. The van der Waals surface area contributed by atoms with Crippen LogP contribution in [0.2, 0.25) is 0 Å². The van der Waals surface area contributed by atoms with Crippen LogP contribution in [-0.4, -0.2) is 37.7 Å². The van der Waals surface area contributed by atoms with E-state index in [9.17, 15) is 4.79 Å². The molecule has 0 bridgehead atoms. The van der Waals surface area contributed by atoms with Crippen molar-refractivity contribution in [3.63, 3.8) is 0 Å². The van der Waals surface area contributed by atoms with Gasteiger partial charge in [0.25, 0.3) is 0 Å². The van der Waals surface area contributed by atoms with Crippen LogP contribution in [0.1, 0.15) is 89.0 Å². The number of nitrogens with zero attached hydrogens (tertiary/aromatic N) is 2. The first-order valence-corrected chi connectivity index (χ1v) is 14.1. The van der Waals surface area contributed by atoms with Crippen molar-refractivity contribution in [1.29, 1.82) is 0 Å². The highest BCUT2D eigenvalue weighted by Gasteiger charge is 2.38. The molecule has 0 radical (unpaired) electrons. The van der Waals surface area contributed by atoms with E-state index in [2.05, 4.69) is 44.8 Å². The maximum atomic E-state index is 12.4. The molecule has 0 saturated heterocycles. The van der Waals surface area contributed by atoms with Crippen molar-refractivity contribution in [1.82, 2.24) is 15.3 Å². The van der Waals surface area contributed by atoms with Gasteiger partial charge in [0, 0.05) is 14.8 Å². The van der Waals surface area contributed by atoms with E-state index in [1.54, 1.807) is 6.33 Å². The molecule has 1 saturated carbocycles. The molecule has 2 heterocycles. The lowest BCUT2D eigenvalue weighted by Gasteiger charge is -2.40. The van der Waals surface area contributed by atoms with Crippen LogP contribution in [0.5, 0.6) is 5.88 Å². The van der Waals surface area contributed by atoms with Gasteiger partial charge < -0.3 is 14.8 Å². The van der Waals surface area contributed by atoms with E-state index >= 15 is 0 Å². The summed E-state index contributed by atoms with van der Waals surface area (Å²) in [5.41, 5.74) is 0.730. The minimum atomic E-state index is -0.492. The third-order valence-corrected chi connectivity index (χ3v) is 8.56. The molecule has 1 N–H and O–H groups in total. The number of fused-ring (bicyclic) bond motifs is 3. The van der Waals surface area contributed by atoms with Crippen molar-refractivity contribution in [3.05, 3.63) is 16.8 Å². The molecule has 0 spiro atoms. The number of hydrogen-bond acceptors (Lipinski definition) is 6. The largest absolute Gasteiger partial charge is 0.474 e. The third-order valence-electron chi connectivity index (χ3n) is 6.76. The monoisotopic (exact) mass is 571 g/mol. The van der Waals surface area contributed by atoms with E-state index in [0.29, 0.717) is 5.92 Å². The molecule has 1 atom stereocenters. The Morgan fingerprint density at radius 3 is 2.69 bits per heavy atom. The Kier molecular flexibility index (Phi) is 7.20. The van der Waals surface area contributed by atoms with E-state index in [-0.39, 0.29) is 17.7 Å². The van der Waals surface area contributed by atoms with Crippen molar-refractivity contribution >= 4 is 50.2 Å². The number of nitrogens with one attached hydrogen (secondary N) is 1. The summed E-state index contributed by atoms with van der Waals surface area (Å²) in [7, 11) is 0. The van der Waals surface area contributed by atoms with Crippen LogP contribution in [0, 0.1) is 0 Å². The summed E-state index contributed by atoms with van der Waals surface area (Å²) >= 11 is 4.29. The van der Waals surface area contributed by atoms with E-state index in [4.69, 9.17) is 9.47 Å². The lowest BCUT2D eigenvalue weighted by Crippen LogP contribution is -2.52. The second-order valence-corrected chi connectivity index (χ2v) is 12.3. The Balaban J connectivity index is 1.46. The molecule has 32 heavy (non-hydrogen) atoms. The van der Waals surface area contributed by atoms with Gasteiger partial charge in [0.2, 0.25) is 5.88 Å². The smallest absolute Gasteiger partial charge is 0.408 e. The summed E-state index contributed by atoms with van der Waals surface area (Å²) in [6, 6.07) is 0. The van der Waals surface area contributed by atoms with Gasteiger partial charge in [-0.15, -0.1) is 11.3 Å². The van der Waals surface area contributed by atoms with E-state index in [1.807, 2.05) is 32.1 Å². The average Bonchev–Trinajstić information content (AvgIpc) is 3.28. The van der Waals surface area contributed by atoms with Crippen LogP contribution in [0.15, 0.2) is 6.33 Å². The van der Waals surface area contributed by atoms with Gasteiger partial charge in [0.15, 0.2) is 0 Å². The summed E-state index contributed by atoms with van der Waals surface area (Å²) in [5.74, 6) is 1.35. The van der Waals surface area contributed by atoms with Gasteiger partial charge in [-0.2, -0.15) is 0 Å². The first-order chi connectivity index (χ1) is 15.2. The zero-order valence-electron chi connectivity index (χ0n) is 19.5. The Morgan fingerprint density at radius 1 is 1.28 bits per heavy atom. The highest BCUT2D eigenvalue weighted by Crippen LogP contribution is 2.47. The van der Waals surface area contributed by atoms with Gasteiger partial charge in [-0.3, -0.25) is 0 Å². The molecule has 176 valence electrons. The predicted octanol–water partition coefficient (Wildman–Crippen LogP) is 6.54. The normalized spacial score (nSPS) is 25.5. The number of rotatable bonds is 6. The molecule has 0 unspecified atom stereocenters. The summed E-state index contributed by atoms with van der Waals surface area (Å²) in [5, 5.41) is 4.31. The number of amides is 1. The number of halogens is 1. The maximum absolute atomic E-state index is 12.4. The standard InChI is InChI=1S/C24H34IN3O3S/c1-5-24(28-22(29)31-23(2,3)4)11-8-16(9-12-24)30-20-19-18-15(10-13-25)6-7-17(18)32-21(19)27-14-26-20/h14-16H,5-13H2,1-4H3,(H,28,29)/t15-,16-,24-/m1/s1. The number of ether oxygens (including phenoxy) is 2. The fraction of sp³-hybridized carbons (Fsp3) is 0.708. The first-order valence-electron chi connectivity index (χ1n) is 11.7. The van der Waals surface area contributed by atoms with E-state index < -0.39 is 5.60 Å². The fourth-order valence-corrected chi connectivity index (χ4v) is 7.04. The molecular weight excluding hydrogens is 537 g/mol. The number of alkyl halides is 1. The molecule has 0 aromatic carbocycles.